The minimum absolute atomic E-state index is 0.122. The second kappa shape index (κ2) is 9.04. The number of nitrogens with one attached hydrogen (secondary N) is 2. The van der Waals surface area contributed by atoms with Gasteiger partial charge in [-0.1, -0.05) is 12.1 Å². The Balaban J connectivity index is 2.06. The quantitative estimate of drug-likeness (QED) is 0.622. The average Bonchev–Trinajstić information content (AvgIpc) is 2.76. The van der Waals surface area contributed by atoms with Crippen LogP contribution in [-0.4, -0.2) is 38.4 Å². The summed E-state index contributed by atoms with van der Waals surface area (Å²) in [4.78, 5) is 30.3. The molecule has 156 valence electrons. The first-order chi connectivity index (χ1) is 14.5. The predicted molar refractivity (Wildman–Crippen MR) is 113 cm³/mol. The first-order valence-corrected chi connectivity index (χ1v) is 8.99. The average molecular weight is 410 g/mol. The maximum absolute atomic E-state index is 12.5. The summed E-state index contributed by atoms with van der Waals surface area (Å²) in [6, 6.07) is 10.4. The topological polar surface area (TPSA) is 103 Å². The van der Waals surface area contributed by atoms with Crippen LogP contribution in [-0.2, 0) is 0 Å². The molecule has 0 aliphatic carbocycles. The van der Waals surface area contributed by atoms with Gasteiger partial charge in [0.2, 0.25) is 0 Å². The van der Waals surface area contributed by atoms with Crippen molar-refractivity contribution in [3.63, 3.8) is 0 Å². The van der Waals surface area contributed by atoms with Gasteiger partial charge in [-0.2, -0.15) is 0 Å². The van der Waals surface area contributed by atoms with E-state index in [-0.39, 0.29) is 10.7 Å². The van der Waals surface area contributed by atoms with Gasteiger partial charge in [0, 0.05) is 0 Å². The van der Waals surface area contributed by atoms with E-state index in [0.717, 1.165) is 0 Å². The van der Waals surface area contributed by atoms with E-state index in [1.54, 1.807) is 48.6 Å². The Kier molecular flexibility index (Phi) is 6.26. The van der Waals surface area contributed by atoms with Gasteiger partial charge < -0.3 is 28.9 Å². The first kappa shape index (κ1) is 20.8. The van der Waals surface area contributed by atoms with E-state index in [2.05, 4.69) is 9.97 Å². The van der Waals surface area contributed by atoms with Crippen molar-refractivity contribution in [3.8, 4) is 23.0 Å². The Morgan fingerprint density at radius 1 is 0.600 bits per heavy atom. The summed E-state index contributed by atoms with van der Waals surface area (Å²) in [6.07, 6.45) is 3.12. The zero-order chi connectivity index (χ0) is 21.7. The zero-order valence-electron chi connectivity index (χ0n) is 17.1. The molecule has 0 atom stereocenters. The highest BCUT2D eigenvalue weighted by Crippen LogP contribution is 2.28. The van der Waals surface area contributed by atoms with Crippen molar-refractivity contribution < 1.29 is 18.9 Å². The van der Waals surface area contributed by atoms with Crippen LogP contribution in [0.4, 0.5) is 0 Å². The number of H-pyrrole nitrogens is 2. The molecule has 0 amide bonds. The lowest BCUT2D eigenvalue weighted by molar-refractivity contribution is 0.355. The molecule has 2 aromatic carbocycles. The van der Waals surface area contributed by atoms with E-state index in [9.17, 15) is 9.59 Å². The number of aromatic nitrogens is 2. The van der Waals surface area contributed by atoms with Crippen LogP contribution in [0.1, 0.15) is 11.1 Å². The maximum Gasteiger partial charge on any atom is 0.272 e. The molecule has 0 aliphatic heterocycles. The second-order valence-corrected chi connectivity index (χ2v) is 6.25. The molecule has 0 fully saturated rings. The van der Waals surface area contributed by atoms with Crippen LogP contribution in [0.5, 0.6) is 23.0 Å². The Morgan fingerprint density at radius 2 is 0.967 bits per heavy atom. The number of aromatic amines is 2. The molecule has 3 rings (SSSR count). The standard InChI is InChI=1S/C22H22N2O6/c1-27-17-7-5-13(11-19(17)29-3)9-15-21(25)24-16(22(26)23-15)10-14-6-8-18(28-2)20(12-14)30-4/h5-12H,1-4H3,(H,23,26)(H,24,25)/b15-9-,16-10?. The highest BCUT2D eigenvalue weighted by Gasteiger charge is 2.05. The van der Waals surface area contributed by atoms with Crippen molar-refractivity contribution in [2.24, 2.45) is 0 Å². The van der Waals surface area contributed by atoms with Gasteiger partial charge >= 0.3 is 0 Å². The lowest BCUT2D eigenvalue weighted by Gasteiger charge is -2.07. The lowest BCUT2D eigenvalue weighted by atomic mass is 10.2. The van der Waals surface area contributed by atoms with Crippen molar-refractivity contribution in [2.45, 2.75) is 0 Å². The van der Waals surface area contributed by atoms with Crippen LogP contribution in [0.2, 0.25) is 0 Å². The Hall–Kier alpha value is -3.94. The van der Waals surface area contributed by atoms with Crippen LogP contribution < -0.4 is 40.8 Å². The van der Waals surface area contributed by atoms with Crippen molar-refractivity contribution in [2.75, 3.05) is 28.4 Å². The highest BCUT2D eigenvalue weighted by molar-refractivity contribution is 5.56. The van der Waals surface area contributed by atoms with E-state index in [1.807, 2.05) is 0 Å². The van der Waals surface area contributed by atoms with Gasteiger partial charge in [-0.05, 0) is 47.5 Å². The number of benzene rings is 2. The molecule has 0 aliphatic rings. The molecule has 8 nitrogen and oxygen atoms in total. The van der Waals surface area contributed by atoms with Gasteiger partial charge in [0.15, 0.2) is 23.0 Å². The Labute approximate surface area is 172 Å². The van der Waals surface area contributed by atoms with Gasteiger partial charge in [0.05, 0.1) is 28.4 Å². The Morgan fingerprint density at radius 3 is 1.30 bits per heavy atom. The van der Waals surface area contributed by atoms with Gasteiger partial charge in [0.25, 0.3) is 11.1 Å². The van der Waals surface area contributed by atoms with Crippen molar-refractivity contribution in [3.05, 3.63) is 78.9 Å². The monoisotopic (exact) mass is 410 g/mol. The molecular weight excluding hydrogens is 388 g/mol. The SMILES string of the molecule is COc1ccc(C=c2[nH]c(=O)/c(=C/c3ccc(OC)c(OC)c3)[nH]c2=O)cc1OC. The number of ether oxygens (including phenoxy) is 4. The Bertz CT molecular complexity index is 1190. The van der Waals surface area contributed by atoms with E-state index >= 15 is 0 Å². The molecule has 1 heterocycles. The van der Waals surface area contributed by atoms with Crippen LogP contribution in [0.3, 0.4) is 0 Å². The van der Waals surface area contributed by atoms with Gasteiger partial charge in [-0.3, -0.25) is 9.59 Å². The molecule has 0 spiro atoms. The molecule has 2 N–H and O–H groups in total. The van der Waals surface area contributed by atoms with Crippen LogP contribution in [0.25, 0.3) is 12.2 Å². The van der Waals surface area contributed by atoms with Crippen LogP contribution in [0, 0.1) is 0 Å². The zero-order valence-corrected chi connectivity index (χ0v) is 17.1. The van der Waals surface area contributed by atoms with E-state index in [1.165, 1.54) is 28.4 Å². The third-order valence-electron chi connectivity index (χ3n) is 4.42. The third kappa shape index (κ3) is 4.38. The summed E-state index contributed by atoms with van der Waals surface area (Å²) in [5.74, 6) is 2.17. The van der Waals surface area contributed by atoms with Gasteiger partial charge in [-0.25, -0.2) is 0 Å². The van der Waals surface area contributed by atoms with Crippen LogP contribution in [0.15, 0.2) is 46.0 Å². The van der Waals surface area contributed by atoms with Crippen molar-refractivity contribution in [1.82, 2.24) is 9.97 Å². The fourth-order valence-electron chi connectivity index (χ4n) is 2.91. The number of methoxy groups -OCH3 is 4. The van der Waals surface area contributed by atoms with E-state index in [0.29, 0.717) is 34.1 Å². The normalized spacial score (nSPS) is 12.0. The molecular formula is C22H22N2O6. The molecule has 0 saturated heterocycles. The number of hydrogen-bond acceptors (Lipinski definition) is 6. The van der Waals surface area contributed by atoms with Gasteiger partial charge in [-0.15, -0.1) is 0 Å². The van der Waals surface area contributed by atoms with Gasteiger partial charge in [0.1, 0.15) is 10.7 Å². The molecule has 1 aromatic heterocycles. The highest BCUT2D eigenvalue weighted by atomic mass is 16.5. The molecule has 0 bridgehead atoms. The molecule has 0 unspecified atom stereocenters. The van der Waals surface area contributed by atoms with E-state index < -0.39 is 11.1 Å². The number of rotatable bonds is 6. The largest absolute Gasteiger partial charge is 0.493 e. The summed E-state index contributed by atoms with van der Waals surface area (Å²) < 4.78 is 20.9. The summed E-state index contributed by atoms with van der Waals surface area (Å²) >= 11 is 0. The molecule has 0 saturated carbocycles. The fourth-order valence-corrected chi connectivity index (χ4v) is 2.91. The summed E-state index contributed by atoms with van der Waals surface area (Å²) in [7, 11) is 6.12. The van der Waals surface area contributed by atoms with E-state index in [4.69, 9.17) is 18.9 Å². The summed E-state index contributed by atoms with van der Waals surface area (Å²) in [6.45, 7) is 0. The van der Waals surface area contributed by atoms with Crippen LogP contribution >= 0.6 is 0 Å². The lowest BCUT2D eigenvalue weighted by Crippen LogP contribution is -2.46. The molecule has 8 heteroatoms. The molecule has 30 heavy (non-hydrogen) atoms. The predicted octanol–water partition coefficient (Wildman–Crippen LogP) is 0.755. The summed E-state index contributed by atoms with van der Waals surface area (Å²) in [5.41, 5.74) is 0.475. The second-order valence-electron chi connectivity index (χ2n) is 6.25. The minimum atomic E-state index is -0.434. The number of hydrogen-bond donors (Lipinski definition) is 2. The minimum Gasteiger partial charge on any atom is -0.493 e. The summed E-state index contributed by atoms with van der Waals surface area (Å²) in [5, 5.41) is 0.244. The smallest absolute Gasteiger partial charge is 0.272 e. The first-order valence-electron chi connectivity index (χ1n) is 8.99. The fraction of sp³-hybridized carbons (Fsp3) is 0.182. The third-order valence-corrected chi connectivity index (χ3v) is 4.42. The molecule has 3 aromatic rings. The molecule has 0 radical (unpaired) electrons. The van der Waals surface area contributed by atoms with Crippen molar-refractivity contribution in [1.29, 1.82) is 0 Å². The van der Waals surface area contributed by atoms with Crippen molar-refractivity contribution >= 4 is 12.2 Å². The maximum atomic E-state index is 12.5.